The summed E-state index contributed by atoms with van der Waals surface area (Å²) in [5, 5.41) is 39.9. The Bertz CT molecular complexity index is 1140. The van der Waals surface area contributed by atoms with Crippen LogP contribution in [-0.2, 0) is 33.3 Å². The summed E-state index contributed by atoms with van der Waals surface area (Å²) >= 11 is 0. The van der Waals surface area contributed by atoms with Gasteiger partial charge in [-0.05, 0) is 44.9 Å². The molecule has 4 N–H and O–H groups in total. The van der Waals surface area contributed by atoms with E-state index in [9.17, 15) is 34.8 Å². The van der Waals surface area contributed by atoms with Crippen LogP contribution in [0.15, 0.2) is 36.5 Å². The van der Waals surface area contributed by atoms with E-state index < -0.39 is 61.3 Å². The molecule has 0 spiro atoms. The van der Waals surface area contributed by atoms with Gasteiger partial charge in [0, 0.05) is 12.8 Å². The lowest BCUT2D eigenvalue weighted by Gasteiger charge is -2.38. The van der Waals surface area contributed by atoms with E-state index in [-0.39, 0.29) is 19.4 Å². The van der Waals surface area contributed by atoms with Crippen molar-refractivity contribution in [2.24, 2.45) is 0 Å². The molecule has 1 aliphatic rings. The highest BCUT2D eigenvalue weighted by Gasteiger charge is 2.47. The number of carbonyl (C=O) groups is 3. The number of hydrogen-bond donors (Lipinski definition) is 4. The maximum absolute atomic E-state index is 12.8. The zero-order chi connectivity index (χ0) is 43.9. The molecule has 6 unspecified atom stereocenters. The number of hydrogen-bond acceptors (Lipinski definition) is 10. The molecule has 0 aromatic heterocycles. The molecule has 11 nitrogen and oxygen atoms in total. The van der Waals surface area contributed by atoms with E-state index >= 15 is 0 Å². The Kier molecular flexibility index (Phi) is 36.3. The van der Waals surface area contributed by atoms with Gasteiger partial charge in [-0.2, -0.15) is 0 Å². The van der Waals surface area contributed by atoms with Gasteiger partial charge in [-0.25, -0.2) is 4.79 Å². The summed E-state index contributed by atoms with van der Waals surface area (Å²) in [5.41, 5.74) is 0. The van der Waals surface area contributed by atoms with Gasteiger partial charge in [0.25, 0.3) is 0 Å². The Morgan fingerprint density at radius 3 is 1.48 bits per heavy atom. The van der Waals surface area contributed by atoms with Crippen molar-refractivity contribution < 1.29 is 53.8 Å². The molecule has 1 fully saturated rings. The minimum Gasteiger partial charge on any atom is -0.479 e. The van der Waals surface area contributed by atoms with Crippen molar-refractivity contribution in [2.75, 3.05) is 13.2 Å². The number of unbranched alkanes of at least 4 members (excludes halogenated alkanes) is 23. The molecule has 0 aromatic carbocycles. The monoisotopic (exact) mass is 851 g/mol. The summed E-state index contributed by atoms with van der Waals surface area (Å²) in [7, 11) is 0. The van der Waals surface area contributed by atoms with Gasteiger partial charge in [0.15, 0.2) is 18.5 Å². The molecule has 60 heavy (non-hydrogen) atoms. The van der Waals surface area contributed by atoms with E-state index in [0.717, 1.165) is 70.6 Å². The Morgan fingerprint density at radius 2 is 0.983 bits per heavy atom. The molecule has 1 heterocycles. The van der Waals surface area contributed by atoms with Crippen LogP contribution in [0, 0.1) is 0 Å². The number of esters is 2. The molecule has 6 atom stereocenters. The topological polar surface area (TPSA) is 169 Å². The van der Waals surface area contributed by atoms with Crippen LogP contribution in [0.1, 0.15) is 206 Å². The first-order chi connectivity index (χ1) is 29.2. The lowest BCUT2D eigenvalue weighted by molar-refractivity contribution is -0.298. The van der Waals surface area contributed by atoms with Crippen LogP contribution in [0.5, 0.6) is 0 Å². The number of carboxylic acid groups (broad SMARTS) is 1. The summed E-state index contributed by atoms with van der Waals surface area (Å²) in [6.07, 6.45) is 36.2. The third-order valence-electron chi connectivity index (χ3n) is 11.0. The Hall–Kier alpha value is -2.57. The fourth-order valence-corrected chi connectivity index (χ4v) is 7.25. The molecule has 0 radical (unpaired) electrons. The molecule has 348 valence electrons. The van der Waals surface area contributed by atoms with Crippen molar-refractivity contribution in [3.63, 3.8) is 0 Å². The van der Waals surface area contributed by atoms with E-state index in [2.05, 4.69) is 50.3 Å². The van der Waals surface area contributed by atoms with Crippen LogP contribution in [-0.4, -0.2) is 88.4 Å². The van der Waals surface area contributed by atoms with Gasteiger partial charge in [0.05, 0.1) is 6.61 Å². The highest BCUT2D eigenvalue weighted by Crippen LogP contribution is 2.23. The number of aliphatic hydroxyl groups is 3. The minimum atomic E-state index is -1.86. The molecule has 0 saturated carbocycles. The Morgan fingerprint density at radius 1 is 0.533 bits per heavy atom. The highest BCUT2D eigenvalue weighted by atomic mass is 16.7. The average molecular weight is 851 g/mol. The first-order valence-corrected chi connectivity index (χ1v) is 24.0. The molecular formula is C49H86O11. The van der Waals surface area contributed by atoms with Crippen molar-refractivity contribution in [1.29, 1.82) is 0 Å². The number of aliphatic carboxylic acids is 1. The number of rotatable bonds is 40. The van der Waals surface area contributed by atoms with E-state index in [1.807, 2.05) is 0 Å². The van der Waals surface area contributed by atoms with Gasteiger partial charge in [-0.1, -0.05) is 185 Å². The van der Waals surface area contributed by atoms with Gasteiger partial charge in [0.1, 0.15) is 24.9 Å². The summed E-state index contributed by atoms with van der Waals surface area (Å²) in [5.74, 6) is -2.45. The van der Waals surface area contributed by atoms with Crippen molar-refractivity contribution in [2.45, 2.75) is 243 Å². The van der Waals surface area contributed by atoms with Crippen molar-refractivity contribution >= 4 is 17.9 Å². The number of carboxylic acids is 1. The van der Waals surface area contributed by atoms with Crippen LogP contribution in [0.25, 0.3) is 0 Å². The lowest BCUT2D eigenvalue weighted by atomic mass is 9.99. The van der Waals surface area contributed by atoms with Crippen LogP contribution < -0.4 is 0 Å². The second-order valence-corrected chi connectivity index (χ2v) is 16.6. The van der Waals surface area contributed by atoms with Gasteiger partial charge in [-0.15, -0.1) is 0 Å². The Balaban J connectivity index is 2.33. The molecule has 0 amide bonds. The van der Waals surface area contributed by atoms with E-state index in [4.69, 9.17) is 18.9 Å². The largest absolute Gasteiger partial charge is 0.479 e. The van der Waals surface area contributed by atoms with Gasteiger partial charge < -0.3 is 39.4 Å². The number of ether oxygens (including phenoxy) is 4. The number of carbonyl (C=O) groups excluding carboxylic acids is 2. The smallest absolute Gasteiger partial charge is 0.335 e. The molecule has 1 aliphatic heterocycles. The quantitative estimate of drug-likeness (QED) is 0.0263. The molecule has 1 saturated heterocycles. The zero-order valence-electron chi connectivity index (χ0n) is 37.7. The highest BCUT2D eigenvalue weighted by molar-refractivity contribution is 5.73. The number of allylic oxidation sites excluding steroid dienone is 6. The summed E-state index contributed by atoms with van der Waals surface area (Å²) in [6, 6.07) is 0. The minimum absolute atomic E-state index is 0.184. The first kappa shape index (κ1) is 55.4. The van der Waals surface area contributed by atoms with Crippen molar-refractivity contribution in [3.8, 4) is 0 Å². The predicted octanol–water partition coefficient (Wildman–Crippen LogP) is 10.8. The molecule has 0 aliphatic carbocycles. The summed E-state index contributed by atoms with van der Waals surface area (Å²) in [6.45, 7) is 3.71. The molecule has 0 aromatic rings. The Labute approximate surface area is 363 Å². The van der Waals surface area contributed by atoms with Crippen molar-refractivity contribution in [1.82, 2.24) is 0 Å². The van der Waals surface area contributed by atoms with Crippen LogP contribution >= 0.6 is 0 Å². The lowest BCUT2D eigenvalue weighted by Crippen LogP contribution is -2.60. The van der Waals surface area contributed by atoms with Crippen LogP contribution in [0.3, 0.4) is 0 Å². The van der Waals surface area contributed by atoms with Crippen molar-refractivity contribution in [3.05, 3.63) is 36.5 Å². The second-order valence-electron chi connectivity index (χ2n) is 16.6. The van der Waals surface area contributed by atoms with Crippen LogP contribution in [0.4, 0.5) is 0 Å². The van der Waals surface area contributed by atoms with E-state index in [1.165, 1.54) is 96.3 Å². The molecule has 11 heteroatoms. The third kappa shape index (κ3) is 30.5. The predicted molar refractivity (Wildman–Crippen MR) is 238 cm³/mol. The fraction of sp³-hybridized carbons (Fsp3) is 0.816. The summed E-state index contributed by atoms with van der Waals surface area (Å²) < 4.78 is 21.8. The van der Waals surface area contributed by atoms with E-state index in [0.29, 0.717) is 12.8 Å². The second kappa shape index (κ2) is 39.3. The molecule has 0 bridgehead atoms. The first-order valence-electron chi connectivity index (χ1n) is 24.0. The van der Waals surface area contributed by atoms with E-state index in [1.54, 1.807) is 0 Å². The standard InChI is InChI=1S/C49H86O11/c1-3-5-7-9-11-13-15-17-19-21-23-25-27-29-31-33-35-37-42(50)57-39-41(40-58-49-46(54)44(52)45(53)47(60-49)48(55)56)59-43(51)38-36-34-32-30-28-26-24-22-20-18-16-14-12-10-8-6-4-2/h5,7,11,13,17,19,41,44-47,49,52-54H,3-4,6,8-10,12,14-16,18,20-40H2,1-2H3,(H,55,56)/b7-5-,13-11-,19-17-. The van der Waals surface area contributed by atoms with Gasteiger partial charge in [0.2, 0.25) is 0 Å². The molecule has 1 rings (SSSR count). The third-order valence-corrected chi connectivity index (χ3v) is 11.0. The molecular weight excluding hydrogens is 765 g/mol. The van der Waals surface area contributed by atoms with Gasteiger partial charge in [-0.3, -0.25) is 9.59 Å². The maximum atomic E-state index is 12.8. The zero-order valence-corrected chi connectivity index (χ0v) is 37.7. The average Bonchev–Trinajstić information content (AvgIpc) is 3.23. The maximum Gasteiger partial charge on any atom is 0.335 e. The van der Waals surface area contributed by atoms with Crippen LogP contribution in [0.2, 0.25) is 0 Å². The van der Waals surface area contributed by atoms with Gasteiger partial charge >= 0.3 is 17.9 Å². The summed E-state index contributed by atoms with van der Waals surface area (Å²) in [4.78, 5) is 36.9. The number of aliphatic hydroxyl groups excluding tert-OH is 3. The fourth-order valence-electron chi connectivity index (χ4n) is 7.25. The normalized spacial score (nSPS) is 20.1. The SMILES string of the molecule is CC/C=C\C/C=C\C/C=C\CCCCCCCCCC(=O)OCC(COC1OC(C(=O)O)C(O)C(O)C1O)OC(=O)CCCCCCCCCCCCCCCCCCC.